The van der Waals surface area contributed by atoms with E-state index in [2.05, 4.69) is 57.3 Å². The van der Waals surface area contributed by atoms with Crippen LogP contribution in [-0.2, 0) is 25.5 Å². The zero-order valence-electron chi connectivity index (χ0n) is 15.4. The summed E-state index contributed by atoms with van der Waals surface area (Å²) in [7, 11) is 2.77. The first-order valence-electron chi connectivity index (χ1n) is 7.96. The van der Waals surface area contributed by atoms with Crippen LogP contribution in [0.5, 0.6) is 0 Å². The van der Waals surface area contributed by atoms with Crippen LogP contribution in [-0.4, -0.2) is 26.2 Å². The molecule has 0 spiro atoms. The third-order valence-corrected chi connectivity index (χ3v) is 5.44. The minimum atomic E-state index is -0.296. The van der Waals surface area contributed by atoms with Crippen molar-refractivity contribution in [2.45, 2.75) is 22.9 Å². The molecule has 0 aromatic heterocycles. The predicted octanol–water partition coefficient (Wildman–Crippen LogP) is 5.94. The number of carbonyl (C=O) groups is 2. The van der Waals surface area contributed by atoms with Gasteiger partial charge in [-0.25, -0.2) is 9.59 Å². The van der Waals surface area contributed by atoms with E-state index < -0.39 is 0 Å². The Labute approximate surface area is 185 Å². The van der Waals surface area contributed by atoms with Crippen LogP contribution in [0, 0.1) is 6.92 Å². The molecule has 0 aliphatic carbocycles. The Kier molecular flexibility index (Phi) is 10.9. The number of halogens is 3. The monoisotopic (exact) mass is 562 g/mol. The van der Waals surface area contributed by atoms with Crippen LogP contribution >= 0.6 is 47.8 Å². The second-order valence-electron chi connectivity index (χ2n) is 5.63. The van der Waals surface area contributed by atoms with Crippen molar-refractivity contribution in [3.63, 3.8) is 0 Å². The van der Waals surface area contributed by atoms with Gasteiger partial charge < -0.3 is 9.47 Å². The topological polar surface area (TPSA) is 52.6 Å². The number of rotatable bonds is 5. The minimum absolute atomic E-state index is 0.286. The summed E-state index contributed by atoms with van der Waals surface area (Å²) in [6.45, 7) is 1.96. The van der Waals surface area contributed by atoms with Crippen molar-refractivity contribution in [2.24, 2.45) is 0 Å². The summed E-state index contributed by atoms with van der Waals surface area (Å²) in [6.07, 6.45) is 0. The Hall–Kier alpha value is -1.18. The number of hydrogen-bond donors (Lipinski definition) is 0. The second kappa shape index (κ2) is 12.3. The van der Waals surface area contributed by atoms with E-state index in [4.69, 9.17) is 0 Å². The zero-order chi connectivity index (χ0) is 20.4. The molecule has 0 radical (unpaired) electrons. The van der Waals surface area contributed by atoms with Crippen LogP contribution in [0.3, 0.4) is 0 Å². The third-order valence-electron chi connectivity index (χ3n) is 3.49. The molecule has 0 N–H and O–H groups in total. The quantitative estimate of drug-likeness (QED) is 0.333. The lowest BCUT2D eigenvalue weighted by atomic mass is 10.1. The van der Waals surface area contributed by atoms with Gasteiger partial charge in [-0.3, -0.25) is 0 Å². The largest absolute Gasteiger partial charge is 0.465 e. The molecule has 0 aliphatic heterocycles. The minimum Gasteiger partial charge on any atom is -0.465 e. The molecule has 2 aromatic rings. The van der Waals surface area contributed by atoms with E-state index in [1.54, 1.807) is 0 Å². The van der Waals surface area contributed by atoms with Gasteiger partial charge in [0.15, 0.2) is 0 Å². The Balaban J connectivity index is 0.000000271. The Morgan fingerprint density at radius 2 is 1.07 bits per heavy atom. The zero-order valence-corrected chi connectivity index (χ0v) is 20.1. The summed E-state index contributed by atoms with van der Waals surface area (Å²) in [4.78, 5) is 22.5. The van der Waals surface area contributed by atoms with Crippen molar-refractivity contribution in [3.8, 4) is 0 Å². The highest BCUT2D eigenvalue weighted by Crippen LogP contribution is 2.16. The number of esters is 2. The summed E-state index contributed by atoms with van der Waals surface area (Å²) < 4.78 is 9.30. The van der Waals surface area contributed by atoms with Crippen LogP contribution in [0.15, 0.2) is 36.4 Å². The Morgan fingerprint density at radius 3 is 1.44 bits per heavy atom. The van der Waals surface area contributed by atoms with E-state index in [9.17, 15) is 9.59 Å². The van der Waals surface area contributed by atoms with E-state index in [0.717, 1.165) is 38.2 Å². The highest BCUT2D eigenvalue weighted by Gasteiger charge is 2.08. The van der Waals surface area contributed by atoms with E-state index in [1.165, 1.54) is 14.2 Å². The van der Waals surface area contributed by atoms with Crippen molar-refractivity contribution in [1.29, 1.82) is 0 Å². The molecule has 0 aliphatic rings. The van der Waals surface area contributed by atoms with Crippen LogP contribution < -0.4 is 0 Å². The van der Waals surface area contributed by atoms with Crippen molar-refractivity contribution in [1.82, 2.24) is 0 Å². The van der Waals surface area contributed by atoms with Gasteiger partial charge in [0, 0.05) is 16.0 Å². The molecule has 0 heterocycles. The number of benzene rings is 2. The summed E-state index contributed by atoms with van der Waals surface area (Å²) in [5.74, 6) is -0.582. The normalized spacial score (nSPS) is 9.85. The molecule has 0 unspecified atom stereocenters. The fraction of sp³-hybridized carbons (Fsp3) is 0.300. The van der Waals surface area contributed by atoms with Gasteiger partial charge in [-0.1, -0.05) is 59.9 Å². The Morgan fingerprint density at radius 1 is 0.704 bits per heavy atom. The molecular formula is C20H21Br3O4. The second-order valence-corrected chi connectivity index (χ2v) is 7.31. The fourth-order valence-corrected chi connectivity index (χ4v) is 3.30. The highest BCUT2D eigenvalue weighted by atomic mass is 79.9. The summed E-state index contributed by atoms with van der Waals surface area (Å²) in [6, 6.07) is 11.4. The van der Waals surface area contributed by atoms with E-state index in [1.807, 2.05) is 43.3 Å². The van der Waals surface area contributed by atoms with E-state index in [-0.39, 0.29) is 11.9 Å². The number of ether oxygens (including phenoxy) is 2. The van der Waals surface area contributed by atoms with Gasteiger partial charge in [0.1, 0.15) is 0 Å². The number of hydrogen-bond acceptors (Lipinski definition) is 4. The van der Waals surface area contributed by atoms with Crippen molar-refractivity contribution < 1.29 is 19.1 Å². The molecule has 146 valence electrons. The van der Waals surface area contributed by atoms with Crippen LogP contribution in [0.25, 0.3) is 0 Å². The summed E-state index contributed by atoms with van der Waals surface area (Å²) >= 11 is 10.1. The first kappa shape index (κ1) is 23.9. The number of carbonyl (C=O) groups excluding carboxylic acids is 2. The maximum Gasteiger partial charge on any atom is 0.337 e. The molecule has 0 atom stereocenters. The molecule has 7 heteroatoms. The van der Waals surface area contributed by atoms with Gasteiger partial charge in [-0.2, -0.15) is 0 Å². The van der Waals surface area contributed by atoms with E-state index >= 15 is 0 Å². The van der Waals surface area contributed by atoms with E-state index in [0.29, 0.717) is 11.1 Å². The lowest BCUT2D eigenvalue weighted by Crippen LogP contribution is -2.02. The van der Waals surface area contributed by atoms with Crippen molar-refractivity contribution in [2.75, 3.05) is 14.2 Å². The predicted molar refractivity (Wildman–Crippen MR) is 118 cm³/mol. The molecule has 4 nitrogen and oxygen atoms in total. The van der Waals surface area contributed by atoms with Gasteiger partial charge in [0.05, 0.1) is 25.3 Å². The number of alkyl halides is 3. The maximum absolute atomic E-state index is 11.3. The van der Waals surface area contributed by atoms with Crippen LogP contribution in [0.1, 0.15) is 43.0 Å². The Bertz CT molecular complexity index is 769. The smallest absolute Gasteiger partial charge is 0.337 e. The van der Waals surface area contributed by atoms with Gasteiger partial charge in [0.2, 0.25) is 0 Å². The van der Waals surface area contributed by atoms with Crippen LogP contribution in [0.4, 0.5) is 0 Å². The number of aryl methyl sites for hydroxylation is 1. The third kappa shape index (κ3) is 7.76. The van der Waals surface area contributed by atoms with Crippen molar-refractivity contribution >= 4 is 59.7 Å². The van der Waals surface area contributed by atoms with Gasteiger partial charge >= 0.3 is 11.9 Å². The molecule has 2 aromatic carbocycles. The van der Waals surface area contributed by atoms with Crippen LogP contribution in [0.2, 0.25) is 0 Å². The summed E-state index contributed by atoms with van der Waals surface area (Å²) in [5, 5.41) is 2.22. The van der Waals surface area contributed by atoms with Crippen molar-refractivity contribution in [3.05, 3.63) is 69.8 Å². The molecular weight excluding hydrogens is 544 g/mol. The SMILES string of the molecule is COC(=O)c1cc(C)cc(CBr)c1.COC(=O)c1cc(CBr)cc(CBr)c1. The fourth-order valence-electron chi connectivity index (χ4n) is 2.33. The standard InChI is InChI=1S/C10H10Br2O2.C10H11BrO2/c1-14-10(13)9-3-7(5-11)2-8(4-9)6-12;1-7-3-8(6-11)5-9(4-7)10(12)13-2/h2-4H,5-6H2,1H3;3-5H,6H2,1-2H3. The molecule has 0 fully saturated rings. The lowest BCUT2D eigenvalue weighted by molar-refractivity contribution is 0.0591. The first-order chi connectivity index (χ1) is 12.9. The average molecular weight is 565 g/mol. The highest BCUT2D eigenvalue weighted by molar-refractivity contribution is 9.09. The first-order valence-corrected chi connectivity index (χ1v) is 11.3. The maximum atomic E-state index is 11.3. The number of methoxy groups -OCH3 is 2. The molecule has 0 bridgehead atoms. The molecule has 2 rings (SSSR count). The molecule has 0 saturated heterocycles. The van der Waals surface area contributed by atoms with Gasteiger partial charge in [-0.05, 0) is 53.4 Å². The van der Waals surface area contributed by atoms with Gasteiger partial charge in [-0.15, -0.1) is 0 Å². The molecule has 0 amide bonds. The molecule has 27 heavy (non-hydrogen) atoms. The average Bonchev–Trinajstić information content (AvgIpc) is 2.71. The molecule has 0 saturated carbocycles. The summed E-state index contributed by atoms with van der Waals surface area (Å²) in [5.41, 5.74) is 5.50. The lowest BCUT2D eigenvalue weighted by Gasteiger charge is -2.04. The van der Waals surface area contributed by atoms with Gasteiger partial charge in [0.25, 0.3) is 0 Å².